The summed E-state index contributed by atoms with van der Waals surface area (Å²) < 4.78 is 5.47. The summed E-state index contributed by atoms with van der Waals surface area (Å²) in [6.07, 6.45) is 2.20. The summed E-state index contributed by atoms with van der Waals surface area (Å²) in [4.78, 5) is 0. The van der Waals surface area contributed by atoms with Crippen molar-refractivity contribution in [3.05, 3.63) is 52.6 Å². The molecule has 4 heteroatoms. The van der Waals surface area contributed by atoms with Crippen molar-refractivity contribution in [1.29, 1.82) is 5.26 Å². The number of allylic oxidation sites excluding steroid dienone is 1. The van der Waals surface area contributed by atoms with E-state index in [1.54, 1.807) is 13.2 Å². The number of rotatable bonds is 2. The van der Waals surface area contributed by atoms with Crippen LogP contribution < -0.4 is 10.1 Å². The zero-order valence-electron chi connectivity index (χ0n) is 14.2. The number of nitrogens with zero attached hydrogens (tertiary/aromatic N) is 1. The third kappa shape index (κ3) is 2.74. The minimum absolute atomic E-state index is 0.111. The lowest BCUT2D eigenvalue weighted by Gasteiger charge is -2.32. The smallest absolute Gasteiger partial charge is 0.144 e. The second-order valence-corrected chi connectivity index (χ2v) is 6.96. The van der Waals surface area contributed by atoms with E-state index in [4.69, 9.17) is 16.3 Å². The van der Waals surface area contributed by atoms with E-state index in [0.29, 0.717) is 16.3 Å². The highest BCUT2D eigenvalue weighted by Gasteiger charge is 2.24. The Hall–Kier alpha value is -2.44. The molecule has 3 nitrogen and oxygen atoms in total. The fourth-order valence-corrected chi connectivity index (χ4v) is 3.53. The van der Waals surface area contributed by atoms with Crippen LogP contribution in [0.3, 0.4) is 0 Å². The largest absolute Gasteiger partial charge is 0.495 e. The molecule has 24 heavy (non-hydrogen) atoms. The third-order valence-electron chi connectivity index (χ3n) is 4.20. The van der Waals surface area contributed by atoms with Gasteiger partial charge in [0.25, 0.3) is 0 Å². The van der Waals surface area contributed by atoms with E-state index in [1.165, 1.54) is 5.57 Å². The number of nitriles is 1. The maximum atomic E-state index is 9.30. The minimum Gasteiger partial charge on any atom is -0.495 e. The molecule has 0 amide bonds. The first-order valence-corrected chi connectivity index (χ1v) is 8.13. The summed E-state index contributed by atoms with van der Waals surface area (Å²) in [6.45, 7) is 6.35. The molecule has 0 bridgehead atoms. The summed E-state index contributed by atoms with van der Waals surface area (Å²) in [5.74, 6) is 0.549. The molecule has 0 aromatic heterocycles. The SMILES string of the molecule is COc1c(C#N)cccc1-c1cc2c(cc1Cl)NC(C)(C)C=C2C. The van der Waals surface area contributed by atoms with Crippen molar-refractivity contribution in [3.8, 4) is 22.9 Å². The van der Waals surface area contributed by atoms with Crippen LogP contribution in [0.1, 0.15) is 31.9 Å². The third-order valence-corrected chi connectivity index (χ3v) is 4.51. The first kappa shape index (κ1) is 16.4. The number of fused-ring (bicyclic) bond motifs is 1. The maximum absolute atomic E-state index is 9.30. The lowest BCUT2D eigenvalue weighted by molar-refractivity contribution is 0.415. The highest BCUT2D eigenvalue weighted by molar-refractivity contribution is 6.34. The highest BCUT2D eigenvalue weighted by atomic mass is 35.5. The molecule has 1 heterocycles. The number of hydrogen-bond acceptors (Lipinski definition) is 3. The molecule has 0 atom stereocenters. The van der Waals surface area contributed by atoms with Crippen LogP contribution in [0.2, 0.25) is 5.02 Å². The second-order valence-electron chi connectivity index (χ2n) is 6.55. The first-order chi connectivity index (χ1) is 11.4. The van der Waals surface area contributed by atoms with Crippen LogP contribution in [-0.2, 0) is 0 Å². The molecular formula is C20H19ClN2O. The second kappa shape index (κ2) is 5.89. The van der Waals surface area contributed by atoms with Crippen molar-refractivity contribution in [1.82, 2.24) is 0 Å². The predicted molar refractivity (Wildman–Crippen MR) is 99.5 cm³/mol. The van der Waals surface area contributed by atoms with Crippen molar-refractivity contribution in [3.63, 3.8) is 0 Å². The van der Waals surface area contributed by atoms with Crippen molar-refractivity contribution in [2.45, 2.75) is 26.3 Å². The Morgan fingerprint density at radius 3 is 2.58 bits per heavy atom. The number of ether oxygens (including phenoxy) is 1. The molecule has 1 aliphatic rings. The zero-order valence-corrected chi connectivity index (χ0v) is 15.0. The summed E-state index contributed by atoms with van der Waals surface area (Å²) in [7, 11) is 1.57. The van der Waals surface area contributed by atoms with E-state index in [0.717, 1.165) is 22.4 Å². The van der Waals surface area contributed by atoms with Crippen molar-refractivity contribution in [2.75, 3.05) is 12.4 Å². The molecule has 1 aliphatic heterocycles. The Balaban J connectivity index is 2.23. The fourth-order valence-electron chi connectivity index (χ4n) is 3.27. The van der Waals surface area contributed by atoms with Crippen LogP contribution in [0.5, 0.6) is 5.75 Å². The van der Waals surface area contributed by atoms with E-state index < -0.39 is 0 Å². The average molecular weight is 339 g/mol. The van der Waals surface area contributed by atoms with Crippen LogP contribution in [0.25, 0.3) is 16.7 Å². The van der Waals surface area contributed by atoms with Gasteiger partial charge in [-0.05, 0) is 44.5 Å². The van der Waals surface area contributed by atoms with Gasteiger partial charge in [0, 0.05) is 22.4 Å². The quantitative estimate of drug-likeness (QED) is 0.786. The van der Waals surface area contributed by atoms with Crippen LogP contribution in [0.15, 0.2) is 36.4 Å². The number of nitrogens with one attached hydrogen (secondary N) is 1. The van der Waals surface area contributed by atoms with Gasteiger partial charge in [0.05, 0.1) is 23.2 Å². The van der Waals surface area contributed by atoms with Crippen molar-refractivity contribution in [2.24, 2.45) is 0 Å². The van der Waals surface area contributed by atoms with E-state index >= 15 is 0 Å². The van der Waals surface area contributed by atoms with Crippen LogP contribution in [0.4, 0.5) is 5.69 Å². The van der Waals surface area contributed by atoms with Gasteiger partial charge in [-0.2, -0.15) is 5.26 Å². The van der Waals surface area contributed by atoms with E-state index in [-0.39, 0.29) is 5.54 Å². The number of halogens is 1. The van der Waals surface area contributed by atoms with Gasteiger partial charge in [0.1, 0.15) is 11.8 Å². The standard InChI is InChI=1S/C20H19ClN2O/c1-12-10-20(2,3)23-18-9-17(21)16(8-15(12)18)14-7-5-6-13(11-22)19(14)24-4/h5-10,23H,1-4H3. The molecule has 0 fully saturated rings. The molecule has 0 radical (unpaired) electrons. The molecule has 0 saturated heterocycles. The molecule has 0 unspecified atom stereocenters. The monoisotopic (exact) mass is 338 g/mol. The number of methoxy groups -OCH3 is 1. The molecule has 0 saturated carbocycles. The normalized spacial score (nSPS) is 14.9. The van der Waals surface area contributed by atoms with Gasteiger partial charge in [-0.25, -0.2) is 0 Å². The Bertz CT molecular complexity index is 891. The van der Waals surface area contributed by atoms with Gasteiger partial charge >= 0.3 is 0 Å². The molecular weight excluding hydrogens is 320 g/mol. The van der Waals surface area contributed by atoms with Crippen molar-refractivity contribution >= 4 is 22.9 Å². The van der Waals surface area contributed by atoms with Gasteiger partial charge in [0.15, 0.2) is 0 Å². The molecule has 1 N–H and O–H groups in total. The first-order valence-electron chi connectivity index (χ1n) is 7.75. The molecule has 0 spiro atoms. The maximum Gasteiger partial charge on any atom is 0.144 e. The zero-order chi connectivity index (χ0) is 17.5. The molecule has 3 rings (SSSR count). The summed E-state index contributed by atoms with van der Waals surface area (Å²) in [5.41, 5.74) is 5.39. The molecule has 2 aromatic rings. The lowest BCUT2D eigenvalue weighted by atomic mass is 9.89. The van der Waals surface area contributed by atoms with Crippen LogP contribution >= 0.6 is 11.6 Å². The Morgan fingerprint density at radius 2 is 1.92 bits per heavy atom. The van der Waals surface area contributed by atoms with Gasteiger partial charge < -0.3 is 10.1 Å². The predicted octanol–water partition coefficient (Wildman–Crippen LogP) is 5.49. The highest BCUT2D eigenvalue weighted by Crippen LogP contribution is 2.43. The summed E-state index contributed by atoms with van der Waals surface area (Å²) in [6, 6.07) is 11.7. The number of benzene rings is 2. The fraction of sp³-hybridized carbons (Fsp3) is 0.250. The minimum atomic E-state index is -0.111. The topological polar surface area (TPSA) is 45.0 Å². The van der Waals surface area contributed by atoms with Crippen LogP contribution in [0, 0.1) is 11.3 Å². The van der Waals surface area contributed by atoms with Gasteiger partial charge in [-0.15, -0.1) is 0 Å². The van der Waals surface area contributed by atoms with E-state index in [2.05, 4.69) is 44.3 Å². The van der Waals surface area contributed by atoms with E-state index in [9.17, 15) is 5.26 Å². The van der Waals surface area contributed by atoms with Gasteiger partial charge in [-0.1, -0.05) is 29.8 Å². The molecule has 122 valence electrons. The van der Waals surface area contributed by atoms with E-state index in [1.807, 2.05) is 18.2 Å². The van der Waals surface area contributed by atoms with Gasteiger partial charge in [-0.3, -0.25) is 0 Å². The molecule has 2 aromatic carbocycles. The Labute approximate surface area is 147 Å². The average Bonchev–Trinajstić information content (AvgIpc) is 2.52. The Kier molecular flexibility index (Phi) is 4.03. The number of para-hydroxylation sites is 1. The summed E-state index contributed by atoms with van der Waals surface area (Å²) >= 11 is 6.56. The Morgan fingerprint density at radius 1 is 1.17 bits per heavy atom. The van der Waals surface area contributed by atoms with Crippen LogP contribution in [-0.4, -0.2) is 12.6 Å². The molecule has 0 aliphatic carbocycles. The number of anilines is 1. The van der Waals surface area contributed by atoms with Crippen molar-refractivity contribution < 1.29 is 4.74 Å². The van der Waals surface area contributed by atoms with Gasteiger partial charge in [0.2, 0.25) is 0 Å². The lowest BCUT2D eigenvalue weighted by Crippen LogP contribution is -2.31. The number of hydrogen-bond donors (Lipinski definition) is 1. The summed E-state index contributed by atoms with van der Waals surface area (Å²) in [5, 5.41) is 13.4.